The van der Waals surface area contributed by atoms with Gasteiger partial charge in [0.05, 0.1) is 11.7 Å². The molecule has 0 unspecified atom stereocenters. The molecule has 3 aromatic rings. The van der Waals surface area contributed by atoms with Crippen LogP contribution in [0.1, 0.15) is 40.5 Å². The molecular formula is C23H23N3O3. The summed E-state index contributed by atoms with van der Waals surface area (Å²) in [5, 5.41) is 6.83. The largest absolute Gasteiger partial charge is 0.451 e. The summed E-state index contributed by atoms with van der Waals surface area (Å²) in [6.45, 7) is -0.298. The maximum atomic E-state index is 12.6. The van der Waals surface area contributed by atoms with Gasteiger partial charge in [-0.15, -0.1) is 0 Å². The number of hydrogen-bond acceptors (Lipinski definition) is 4. The standard InChI is InChI=1S/C23H23N3O3/c1-26(21-13-7-11-16-8-5-6-12-18(16)21)22(27)15-29-23(28)20-14-19(24-25-20)17-9-3-2-4-10-17/h2-6,8-10,12,14,21H,7,11,13,15H2,1H3,(H,24,25)/t21-/m0/s1. The Bertz CT molecular complexity index is 1010. The minimum Gasteiger partial charge on any atom is -0.451 e. The van der Waals surface area contributed by atoms with E-state index in [9.17, 15) is 9.59 Å². The molecule has 0 spiro atoms. The molecule has 2 aromatic carbocycles. The number of esters is 1. The lowest BCUT2D eigenvalue weighted by molar-refractivity contribution is -0.135. The quantitative estimate of drug-likeness (QED) is 0.674. The molecule has 0 fully saturated rings. The maximum absolute atomic E-state index is 12.6. The Morgan fingerprint density at radius 2 is 1.90 bits per heavy atom. The Hall–Kier alpha value is -3.41. The predicted molar refractivity (Wildman–Crippen MR) is 109 cm³/mol. The number of carbonyl (C=O) groups excluding carboxylic acids is 2. The van der Waals surface area contributed by atoms with Gasteiger partial charge in [-0.1, -0.05) is 54.6 Å². The number of fused-ring (bicyclic) bond motifs is 1. The fourth-order valence-corrected chi connectivity index (χ4v) is 3.79. The third-order valence-corrected chi connectivity index (χ3v) is 5.39. The highest BCUT2D eigenvalue weighted by molar-refractivity contribution is 5.90. The molecule has 0 saturated heterocycles. The smallest absolute Gasteiger partial charge is 0.356 e. The van der Waals surface area contributed by atoms with E-state index in [0.29, 0.717) is 5.69 Å². The van der Waals surface area contributed by atoms with Crippen LogP contribution in [0.5, 0.6) is 0 Å². The highest BCUT2D eigenvalue weighted by atomic mass is 16.5. The first-order chi connectivity index (χ1) is 14.1. The van der Waals surface area contributed by atoms with Crippen LogP contribution in [0.3, 0.4) is 0 Å². The van der Waals surface area contributed by atoms with Crippen LogP contribution in [0.2, 0.25) is 0 Å². The van der Waals surface area contributed by atoms with Gasteiger partial charge in [-0.2, -0.15) is 5.10 Å². The normalized spacial score (nSPS) is 15.4. The van der Waals surface area contributed by atoms with Crippen LogP contribution in [0.15, 0.2) is 60.7 Å². The van der Waals surface area contributed by atoms with Crippen molar-refractivity contribution in [2.45, 2.75) is 25.3 Å². The summed E-state index contributed by atoms with van der Waals surface area (Å²) in [6.07, 6.45) is 2.98. The van der Waals surface area contributed by atoms with Crippen LogP contribution in [0.25, 0.3) is 11.3 Å². The van der Waals surface area contributed by atoms with E-state index < -0.39 is 5.97 Å². The molecule has 1 amide bonds. The average Bonchev–Trinajstić information content (AvgIpc) is 3.27. The van der Waals surface area contributed by atoms with Gasteiger partial charge in [-0.25, -0.2) is 4.79 Å². The van der Waals surface area contributed by atoms with Crippen LogP contribution < -0.4 is 0 Å². The zero-order valence-electron chi connectivity index (χ0n) is 16.3. The average molecular weight is 389 g/mol. The lowest BCUT2D eigenvalue weighted by atomic mass is 9.87. The Labute approximate surface area is 169 Å². The third kappa shape index (κ3) is 4.06. The second-order valence-electron chi connectivity index (χ2n) is 7.22. The highest BCUT2D eigenvalue weighted by Crippen LogP contribution is 2.33. The van der Waals surface area contributed by atoms with Crippen molar-refractivity contribution in [1.82, 2.24) is 15.1 Å². The van der Waals surface area contributed by atoms with Gasteiger partial charge in [0.2, 0.25) is 0 Å². The fourth-order valence-electron chi connectivity index (χ4n) is 3.79. The molecular weight excluding hydrogens is 366 g/mol. The number of rotatable bonds is 5. The summed E-state index contributed by atoms with van der Waals surface area (Å²) in [7, 11) is 1.77. The molecule has 0 radical (unpaired) electrons. The first-order valence-corrected chi connectivity index (χ1v) is 9.75. The number of nitrogens with zero attached hydrogens (tertiary/aromatic N) is 2. The van der Waals surface area contributed by atoms with Crippen LogP contribution in [0, 0.1) is 0 Å². The van der Waals surface area contributed by atoms with Gasteiger partial charge >= 0.3 is 5.97 Å². The van der Waals surface area contributed by atoms with E-state index in [-0.39, 0.29) is 24.2 Å². The van der Waals surface area contributed by atoms with E-state index in [4.69, 9.17) is 4.74 Å². The molecule has 0 bridgehead atoms. The molecule has 1 N–H and O–H groups in total. The Kier molecular flexibility index (Phi) is 5.42. The minimum absolute atomic E-state index is 0.0167. The molecule has 148 valence electrons. The molecule has 1 aliphatic carbocycles. The van der Waals surface area contributed by atoms with Crippen LogP contribution in [-0.4, -0.2) is 40.6 Å². The second-order valence-corrected chi connectivity index (χ2v) is 7.22. The van der Waals surface area contributed by atoms with Crippen molar-refractivity contribution in [3.8, 4) is 11.3 Å². The van der Waals surface area contributed by atoms with Crippen molar-refractivity contribution in [3.63, 3.8) is 0 Å². The van der Waals surface area contributed by atoms with Crippen molar-refractivity contribution < 1.29 is 14.3 Å². The van der Waals surface area contributed by atoms with E-state index >= 15 is 0 Å². The SMILES string of the molecule is CN(C(=O)COC(=O)c1cc(-c2ccccc2)n[nH]1)[C@H]1CCCc2ccccc21. The van der Waals surface area contributed by atoms with E-state index in [2.05, 4.69) is 22.3 Å². The number of benzene rings is 2. The lowest BCUT2D eigenvalue weighted by Gasteiger charge is -2.33. The molecule has 1 aromatic heterocycles. The van der Waals surface area contributed by atoms with Crippen LogP contribution >= 0.6 is 0 Å². The van der Waals surface area contributed by atoms with E-state index in [1.165, 1.54) is 11.1 Å². The molecule has 1 atom stereocenters. The van der Waals surface area contributed by atoms with Gasteiger partial charge in [0.15, 0.2) is 6.61 Å². The van der Waals surface area contributed by atoms with Gasteiger partial charge in [-0.3, -0.25) is 9.89 Å². The number of H-pyrrole nitrogens is 1. The lowest BCUT2D eigenvalue weighted by Crippen LogP contribution is -2.36. The summed E-state index contributed by atoms with van der Waals surface area (Å²) in [6, 6.07) is 19.4. The number of likely N-dealkylation sites (N-methyl/N-ethyl adjacent to an activating group) is 1. The molecule has 1 heterocycles. The number of amides is 1. The summed E-state index contributed by atoms with van der Waals surface area (Å²) in [5.41, 5.74) is 4.24. The first kappa shape index (κ1) is 18.9. The van der Waals surface area contributed by atoms with Gasteiger partial charge in [0.25, 0.3) is 5.91 Å². The monoisotopic (exact) mass is 389 g/mol. The molecule has 29 heavy (non-hydrogen) atoms. The minimum atomic E-state index is -0.592. The number of carbonyl (C=O) groups is 2. The zero-order chi connectivity index (χ0) is 20.2. The van der Waals surface area contributed by atoms with Crippen LogP contribution in [-0.2, 0) is 16.0 Å². The number of aromatic nitrogens is 2. The third-order valence-electron chi connectivity index (χ3n) is 5.39. The van der Waals surface area contributed by atoms with Gasteiger partial charge in [0, 0.05) is 12.6 Å². The predicted octanol–water partition coefficient (Wildman–Crippen LogP) is 3.77. The van der Waals surface area contributed by atoms with Crippen LogP contribution in [0.4, 0.5) is 0 Å². The Morgan fingerprint density at radius 1 is 1.14 bits per heavy atom. The maximum Gasteiger partial charge on any atom is 0.356 e. The van der Waals surface area contributed by atoms with E-state index in [1.807, 2.05) is 42.5 Å². The summed E-state index contributed by atoms with van der Waals surface area (Å²) in [5.74, 6) is -0.812. The number of nitrogens with one attached hydrogen (secondary N) is 1. The molecule has 1 aliphatic rings. The number of ether oxygens (including phenoxy) is 1. The van der Waals surface area contributed by atoms with Gasteiger partial charge in [-0.05, 0) is 36.5 Å². The first-order valence-electron chi connectivity index (χ1n) is 9.75. The van der Waals surface area contributed by atoms with Crippen molar-refractivity contribution >= 4 is 11.9 Å². The number of hydrogen-bond donors (Lipinski definition) is 1. The number of aryl methyl sites for hydroxylation is 1. The van der Waals surface area contributed by atoms with Crippen molar-refractivity contribution in [1.29, 1.82) is 0 Å². The molecule has 6 heteroatoms. The molecule has 4 rings (SSSR count). The molecule has 6 nitrogen and oxygen atoms in total. The summed E-state index contributed by atoms with van der Waals surface area (Å²) >= 11 is 0. The summed E-state index contributed by atoms with van der Waals surface area (Å²) in [4.78, 5) is 26.7. The Morgan fingerprint density at radius 3 is 2.72 bits per heavy atom. The number of aromatic amines is 1. The summed E-state index contributed by atoms with van der Waals surface area (Å²) < 4.78 is 5.24. The fraction of sp³-hybridized carbons (Fsp3) is 0.261. The van der Waals surface area contributed by atoms with Crippen molar-refractivity contribution in [2.24, 2.45) is 0 Å². The van der Waals surface area contributed by atoms with Crippen molar-refractivity contribution in [3.05, 3.63) is 77.5 Å². The molecule has 0 saturated carbocycles. The van der Waals surface area contributed by atoms with E-state index in [1.54, 1.807) is 18.0 Å². The highest BCUT2D eigenvalue weighted by Gasteiger charge is 2.27. The Balaban J connectivity index is 1.37. The molecule has 0 aliphatic heterocycles. The zero-order valence-corrected chi connectivity index (χ0v) is 16.3. The van der Waals surface area contributed by atoms with Gasteiger partial charge in [0.1, 0.15) is 5.69 Å². The van der Waals surface area contributed by atoms with Crippen molar-refractivity contribution in [2.75, 3.05) is 13.7 Å². The second kappa shape index (κ2) is 8.31. The van der Waals surface area contributed by atoms with Gasteiger partial charge < -0.3 is 9.64 Å². The van der Waals surface area contributed by atoms with E-state index in [0.717, 1.165) is 24.8 Å². The topological polar surface area (TPSA) is 75.3 Å².